The molecule has 9 heteroatoms. The highest BCUT2D eigenvalue weighted by atomic mass is 32.2. The Morgan fingerprint density at radius 3 is 2.67 bits per heavy atom. The van der Waals surface area contributed by atoms with Gasteiger partial charge in [0.1, 0.15) is 13.2 Å². The fraction of sp³-hybridized carbons (Fsp3) is 0.208. The molecule has 4 aromatic rings. The molecule has 3 heterocycles. The van der Waals surface area contributed by atoms with Crippen LogP contribution in [0.5, 0.6) is 11.5 Å². The van der Waals surface area contributed by atoms with E-state index in [-0.39, 0.29) is 16.9 Å². The Balaban J connectivity index is 1.49. The molecule has 0 spiro atoms. The Morgan fingerprint density at radius 1 is 1.06 bits per heavy atom. The lowest BCUT2D eigenvalue weighted by molar-refractivity contribution is 0.171. The van der Waals surface area contributed by atoms with Crippen LogP contribution in [0.3, 0.4) is 0 Å². The zero-order valence-electron chi connectivity index (χ0n) is 17.8. The third-order valence-electron chi connectivity index (χ3n) is 5.51. The first kappa shape index (κ1) is 21.7. The smallest absolute Gasteiger partial charge is 0.251 e. The van der Waals surface area contributed by atoms with Crippen molar-refractivity contribution < 1.29 is 17.9 Å². The number of thiophene rings is 1. The molecule has 1 unspecified atom stereocenters. The monoisotopic (exact) mass is 482 g/mol. The summed E-state index contributed by atoms with van der Waals surface area (Å²) in [6.07, 6.45) is 0.212. The van der Waals surface area contributed by atoms with Crippen LogP contribution in [0.1, 0.15) is 22.0 Å². The van der Waals surface area contributed by atoms with Crippen LogP contribution in [-0.4, -0.2) is 26.6 Å². The Bertz CT molecular complexity index is 1480. The van der Waals surface area contributed by atoms with Crippen molar-refractivity contribution in [3.63, 3.8) is 0 Å². The minimum atomic E-state index is -3.89. The fourth-order valence-electron chi connectivity index (χ4n) is 3.88. The van der Waals surface area contributed by atoms with Crippen LogP contribution in [-0.2, 0) is 16.4 Å². The van der Waals surface area contributed by atoms with E-state index in [1.807, 2.05) is 48.7 Å². The van der Waals surface area contributed by atoms with Crippen molar-refractivity contribution in [2.45, 2.75) is 24.3 Å². The van der Waals surface area contributed by atoms with E-state index in [1.165, 1.54) is 23.5 Å². The number of sulfonamides is 1. The van der Waals surface area contributed by atoms with Crippen molar-refractivity contribution in [2.24, 2.45) is 0 Å². The molecule has 0 saturated heterocycles. The van der Waals surface area contributed by atoms with E-state index in [0.717, 1.165) is 21.3 Å². The molecule has 7 nitrogen and oxygen atoms in total. The summed E-state index contributed by atoms with van der Waals surface area (Å²) >= 11 is 1.44. The molecular weight excluding hydrogens is 460 g/mol. The number of hydrogen-bond donors (Lipinski definition) is 2. The first-order valence-corrected chi connectivity index (χ1v) is 12.8. The van der Waals surface area contributed by atoms with E-state index in [2.05, 4.69) is 9.71 Å². The predicted molar refractivity (Wildman–Crippen MR) is 128 cm³/mol. The van der Waals surface area contributed by atoms with Crippen LogP contribution in [0, 0.1) is 6.92 Å². The maximum Gasteiger partial charge on any atom is 0.251 e. The van der Waals surface area contributed by atoms with Gasteiger partial charge in [0.25, 0.3) is 5.56 Å². The van der Waals surface area contributed by atoms with Gasteiger partial charge < -0.3 is 14.5 Å². The van der Waals surface area contributed by atoms with Gasteiger partial charge in [0.15, 0.2) is 11.5 Å². The number of rotatable bonds is 6. The maximum atomic E-state index is 13.3. The first-order valence-electron chi connectivity index (χ1n) is 10.5. The summed E-state index contributed by atoms with van der Waals surface area (Å²) in [4.78, 5) is 16.6. The molecule has 1 atom stereocenters. The molecule has 0 saturated carbocycles. The SMILES string of the molecule is Cc1ccc2[nH]c(=O)c(CC(NS(=O)(=O)c3ccc4c(c3)OCCO4)c3cccs3)cc2c1. The van der Waals surface area contributed by atoms with E-state index in [0.29, 0.717) is 30.3 Å². The molecule has 5 rings (SSSR count). The zero-order valence-corrected chi connectivity index (χ0v) is 19.5. The number of aromatic amines is 1. The Morgan fingerprint density at radius 2 is 1.88 bits per heavy atom. The lowest BCUT2D eigenvalue weighted by Crippen LogP contribution is -2.31. The van der Waals surface area contributed by atoms with E-state index in [9.17, 15) is 13.2 Å². The van der Waals surface area contributed by atoms with Gasteiger partial charge in [0, 0.05) is 22.0 Å². The number of pyridine rings is 1. The van der Waals surface area contributed by atoms with Gasteiger partial charge in [0.2, 0.25) is 10.0 Å². The number of H-pyrrole nitrogens is 1. The summed E-state index contributed by atoms with van der Waals surface area (Å²) in [6.45, 7) is 2.78. The summed E-state index contributed by atoms with van der Waals surface area (Å²) in [6, 6.07) is 15.3. The quantitative estimate of drug-likeness (QED) is 0.434. The number of benzene rings is 2. The summed E-state index contributed by atoms with van der Waals surface area (Å²) < 4.78 is 40.3. The molecule has 0 fully saturated rings. The van der Waals surface area contributed by atoms with Gasteiger partial charge in [-0.3, -0.25) is 4.79 Å². The van der Waals surface area contributed by atoms with Gasteiger partial charge in [-0.25, -0.2) is 13.1 Å². The van der Waals surface area contributed by atoms with Crippen LogP contribution in [0.4, 0.5) is 0 Å². The zero-order chi connectivity index (χ0) is 23.0. The lowest BCUT2D eigenvalue weighted by atomic mass is 10.0. The minimum absolute atomic E-state index is 0.0800. The van der Waals surface area contributed by atoms with E-state index < -0.39 is 16.1 Å². The summed E-state index contributed by atoms with van der Waals surface area (Å²) in [5.41, 5.74) is 2.11. The molecule has 33 heavy (non-hydrogen) atoms. The third-order valence-corrected chi connectivity index (χ3v) is 7.96. The van der Waals surface area contributed by atoms with Crippen molar-refractivity contribution in [1.29, 1.82) is 0 Å². The summed E-state index contributed by atoms with van der Waals surface area (Å²) in [7, 11) is -3.89. The molecule has 1 aliphatic rings. The van der Waals surface area contributed by atoms with Crippen molar-refractivity contribution >= 4 is 32.3 Å². The average Bonchev–Trinajstić information content (AvgIpc) is 3.34. The Labute approximate surface area is 195 Å². The van der Waals surface area contributed by atoms with Crippen LogP contribution in [0.2, 0.25) is 0 Å². The van der Waals surface area contributed by atoms with Gasteiger partial charge in [0.05, 0.1) is 10.9 Å². The highest BCUT2D eigenvalue weighted by Crippen LogP contribution is 2.33. The molecule has 2 N–H and O–H groups in total. The maximum absolute atomic E-state index is 13.3. The van der Waals surface area contributed by atoms with Crippen LogP contribution < -0.4 is 19.8 Å². The van der Waals surface area contributed by atoms with E-state index in [4.69, 9.17) is 9.47 Å². The Hall–Kier alpha value is -3.14. The topological polar surface area (TPSA) is 97.5 Å². The van der Waals surface area contributed by atoms with Crippen molar-refractivity contribution in [3.05, 3.63) is 86.3 Å². The van der Waals surface area contributed by atoms with Crippen molar-refractivity contribution in [3.8, 4) is 11.5 Å². The van der Waals surface area contributed by atoms with E-state index >= 15 is 0 Å². The van der Waals surface area contributed by atoms with Crippen LogP contribution in [0.15, 0.2) is 69.7 Å². The number of fused-ring (bicyclic) bond motifs is 2. The number of ether oxygens (including phenoxy) is 2. The molecule has 0 radical (unpaired) electrons. The molecule has 2 aromatic heterocycles. The number of aryl methyl sites for hydroxylation is 1. The van der Waals surface area contributed by atoms with Crippen molar-refractivity contribution in [2.75, 3.05) is 13.2 Å². The van der Waals surface area contributed by atoms with Gasteiger partial charge >= 0.3 is 0 Å². The Kier molecular flexibility index (Phi) is 5.69. The van der Waals surface area contributed by atoms with Crippen LogP contribution >= 0.6 is 11.3 Å². The normalized spacial score (nSPS) is 14.3. The highest BCUT2D eigenvalue weighted by Gasteiger charge is 2.25. The van der Waals surface area contributed by atoms with Gasteiger partial charge in [-0.1, -0.05) is 17.7 Å². The fourth-order valence-corrected chi connectivity index (χ4v) is 5.96. The minimum Gasteiger partial charge on any atom is -0.486 e. The predicted octanol–water partition coefficient (Wildman–Crippen LogP) is 3.93. The second-order valence-electron chi connectivity index (χ2n) is 7.91. The number of aromatic nitrogens is 1. The standard InChI is InChI=1S/C24H22N2O5S2/c1-15-4-6-19-16(11-15)12-17(24(27)25-19)13-20(23-3-2-10-32-23)26-33(28,29)18-5-7-21-22(14-18)31-9-8-30-21/h2-7,10-12,14,20,26H,8-9,13H2,1H3,(H,25,27). The molecule has 0 aliphatic carbocycles. The highest BCUT2D eigenvalue weighted by molar-refractivity contribution is 7.89. The van der Waals surface area contributed by atoms with Crippen molar-refractivity contribution in [1.82, 2.24) is 9.71 Å². The molecule has 1 aliphatic heterocycles. The van der Waals surface area contributed by atoms with Gasteiger partial charge in [-0.2, -0.15) is 0 Å². The molecule has 2 aromatic carbocycles. The second-order valence-corrected chi connectivity index (χ2v) is 10.6. The number of nitrogens with one attached hydrogen (secondary N) is 2. The van der Waals surface area contributed by atoms with Gasteiger partial charge in [-0.15, -0.1) is 11.3 Å². The molecule has 0 amide bonds. The molecule has 170 valence electrons. The summed E-state index contributed by atoms with van der Waals surface area (Å²) in [5.74, 6) is 0.922. The van der Waals surface area contributed by atoms with Crippen LogP contribution in [0.25, 0.3) is 10.9 Å². The summed E-state index contributed by atoms with van der Waals surface area (Å²) in [5, 5.41) is 2.79. The molecular formula is C24H22N2O5S2. The van der Waals surface area contributed by atoms with Gasteiger partial charge in [-0.05, 0) is 60.5 Å². The second kappa shape index (κ2) is 8.66. The van der Waals surface area contributed by atoms with E-state index in [1.54, 1.807) is 6.07 Å². The number of hydrogen-bond acceptors (Lipinski definition) is 6. The first-order chi connectivity index (χ1) is 15.9. The molecule has 0 bridgehead atoms. The lowest BCUT2D eigenvalue weighted by Gasteiger charge is -2.21. The third kappa shape index (κ3) is 4.52. The average molecular weight is 483 g/mol. The largest absolute Gasteiger partial charge is 0.486 e.